The third-order valence-corrected chi connectivity index (χ3v) is 6.21. The van der Waals surface area contributed by atoms with E-state index in [-0.39, 0.29) is 13.1 Å². The molecular weight excluding hydrogens is 458 g/mol. The molecule has 0 unspecified atom stereocenters. The molecule has 34 heavy (non-hydrogen) atoms. The molecule has 176 valence electrons. The first-order chi connectivity index (χ1) is 16.4. The summed E-state index contributed by atoms with van der Waals surface area (Å²) >= 11 is 1.23. The van der Waals surface area contributed by atoms with Crippen LogP contribution in [0.15, 0.2) is 63.5 Å². The van der Waals surface area contributed by atoms with Gasteiger partial charge in [-0.05, 0) is 41.3 Å². The van der Waals surface area contributed by atoms with E-state index >= 15 is 0 Å². The van der Waals surface area contributed by atoms with Crippen LogP contribution in [0.4, 0.5) is 5.69 Å². The fourth-order valence-corrected chi connectivity index (χ4v) is 4.43. The lowest BCUT2D eigenvalue weighted by Crippen LogP contribution is -2.41. The molecule has 9 nitrogen and oxygen atoms in total. The summed E-state index contributed by atoms with van der Waals surface area (Å²) in [4.78, 5) is 39.3. The molecule has 0 spiro atoms. The Morgan fingerprint density at radius 1 is 0.912 bits per heavy atom. The van der Waals surface area contributed by atoms with Crippen LogP contribution in [0.5, 0.6) is 17.2 Å². The summed E-state index contributed by atoms with van der Waals surface area (Å²) in [6, 6.07) is 13.8. The van der Waals surface area contributed by atoms with E-state index in [9.17, 15) is 14.4 Å². The molecule has 0 aliphatic carbocycles. The summed E-state index contributed by atoms with van der Waals surface area (Å²) in [6.45, 7) is -0.212. The van der Waals surface area contributed by atoms with Gasteiger partial charge in [-0.1, -0.05) is 12.1 Å². The molecule has 0 aliphatic rings. The van der Waals surface area contributed by atoms with E-state index in [0.717, 1.165) is 10.1 Å². The van der Waals surface area contributed by atoms with Crippen molar-refractivity contribution in [2.24, 2.45) is 0 Å². The number of hydrogen-bond acceptors (Lipinski definition) is 7. The van der Waals surface area contributed by atoms with Gasteiger partial charge in [0.15, 0.2) is 0 Å². The van der Waals surface area contributed by atoms with Crippen molar-refractivity contribution in [1.29, 1.82) is 0 Å². The first-order valence-corrected chi connectivity index (χ1v) is 11.2. The van der Waals surface area contributed by atoms with Gasteiger partial charge in [0.1, 0.15) is 28.5 Å². The molecular formula is C24H23N3O6S. The van der Waals surface area contributed by atoms with Crippen LogP contribution in [0.25, 0.3) is 10.2 Å². The van der Waals surface area contributed by atoms with E-state index < -0.39 is 17.2 Å². The zero-order valence-corrected chi connectivity index (χ0v) is 19.7. The lowest BCUT2D eigenvalue weighted by atomic mass is 10.2. The number of carbonyl (C=O) groups is 1. The van der Waals surface area contributed by atoms with Crippen molar-refractivity contribution in [2.75, 3.05) is 26.6 Å². The molecule has 0 saturated carbocycles. The second-order valence-corrected chi connectivity index (χ2v) is 8.27. The largest absolute Gasteiger partial charge is 0.497 e. The number of ether oxygens (including phenoxy) is 3. The first kappa shape index (κ1) is 23.1. The lowest BCUT2D eigenvalue weighted by molar-refractivity contribution is -0.116. The molecule has 2 aromatic heterocycles. The van der Waals surface area contributed by atoms with Crippen molar-refractivity contribution in [2.45, 2.75) is 13.1 Å². The number of nitrogens with one attached hydrogen (secondary N) is 1. The molecule has 0 fully saturated rings. The first-order valence-electron chi connectivity index (χ1n) is 10.3. The second kappa shape index (κ2) is 9.84. The number of rotatable bonds is 8. The lowest BCUT2D eigenvalue weighted by Gasteiger charge is -2.14. The van der Waals surface area contributed by atoms with Crippen LogP contribution in [-0.4, -0.2) is 36.4 Å². The van der Waals surface area contributed by atoms with Gasteiger partial charge < -0.3 is 19.5 Å². The molecule has 10 heteroatoms. The average Bonchev–Trinajstić information content (AvgIpc) is 3.35. The number of aromatic nitrogens is 2. The SMILES string of the molecule is COc1ccc(Cn2c(=O)c3sccc3n(CC(=O)Nc3cc(OC)ccc3OC)c2=O)cc1. The topological polar surface area (TPSA) is 101 Å². The quantitative estimate of drug-likeness (QED) is 0.415. The fourth-order valence-electron chi connectivity index (χ4n) is 3.58. The summed E-state index contributed by atoms with van der Waals surface area (Å²) in [6.07, 6.45) is 0. The maximum atomic E-state index is 13.3. The van der Waals surface area contributed by atoms with E-state index in [2.05, 4.69) is 5.32 Å². The molecule has 0 saturated heterocycles. The van der Waals surface area contributed by atoms with Crippen LogP contribution in [-0.2, 0) is 17.9 Å². The highest BCUT2D eigenvalue weighted by molar-refractivity contribution is 7.17. The van der Waals surface area contributed by atoms with Crippen LogP contribution in [0.3, 0.4) is 0 Å². The average molecular weight is 482 g/mol. The Labute approximate surface area is 198 Å². The number of fused-ring (bicyclic) bond motifs is 1. The van der Waals surface area contributed by atoms with Gasteiger partial charge >= 0.3 is 5.69 Å². The van der Waals surface area contributed by atoms with Crippen molar-refractivity contribution in [3.05, 3.63) is 80.3 Å². The Morgan fingerprint density at radius 3 is 2.29 bits per heavy atom. The van der Waals surface area contributed by atoms with E-state index in [1.54, 1.807) is 61.0 Å². The van der Waals surface area contributed by atoms with Crippen molar-refractivity contribution in [3.8, 4) is 17.2 Å². The van der Waals surface area contributed by atoms with Gasteiger partial charge in [0, 0.05) is 6.07 Å². The standard InChI is InChI=1S/C24H23N3O6S/c1-31-16-6-4-15(5-7-16)13-27-23(29)22-19(10-11-34-22)26(24(27)30)14-21(28)25-18-12-17(32-2)8-9-20(18)33-3/h4-12H,13-14H2,1-3H3,(H,25,28). The highest BCUT2D eigenvalue weighted by Gasteiger charge is 2.18. The zero-order valence-electron chi connectivity index (χ0n) is 18.9. The minimum atomic E-state index is -0.570. The molecule has 0 aliphatic heterocycles. The number of nitrogens with zero attached hydrogens (tertiary/aromatic N) is 2. The van der Waals surface area contributed by atoms with Gasteiger partial charge in [-0.3, -0.25) is 18.7 Å². The molecule has 4 aromatic rings. The number of anilines is 1. The minimum Gasteiger partial charge on any atom is -0.497 e. The third kappa shape index (κ3) is 4.53. The highest BCUT2D eigenvalue weighted by Crippen LogP contribution is 2.29. The summed E-state index contributed by atoms with van der Waals surface area (Å²) in [5.74, 6) is 1.22. The van der Waals surface area contributed by atoms with Gasteiger partial charge in [0.05, 0.1) is 39.1 Å². The van der Waals surface area contributed by atoms with Crippen molar-refractivity contribution in [1.82, 2.24) is 9.13 Å². The number of benzene rings is 2. The van der Waals surface area contributed by atoms with E-state index in [1.165, 1.54) is 30.1 Å². The number of amides is 1. The monoisotopic (exact) mass is 481 g/mol. The van der Waals surface area contributed by atoms with E-state index in [0.29, 0.717) is 33.2 Å². The van der Waals surface area contributed by atoms with Gasteiger partial charge in [-0.25, -0.2) is 4.79 Å². The van der Waals surface area contributed by atoms with Crippen molar-refractivity contribution < 1.29 is 19.0 Å². The Kier molecular flexibility index (Phi) is 6.69. The predicted octanol–water partition coefficient (Wildman–Crippen LogP) is 2.94. The van der Waals surface area contributed by atoms with Gasteiger partial charge in [0.2, 0.25) is 5.91 Å². The maximum absolute atomic E-state index is 13.3. The Bertz CT molecular complexity index is 1450. The third-order valence-electron chi connectivity index (χ3n) is 5.32. The molecule has 2 aromatic carbocycles. The number of thiophene rings is 1. The molecule has 2 heterocycles. The smallest absolute Gasteiger partial charge is 0.332 e. The van der Waals surface area contributed by atoms with Crippen LogP contribution in [0, 0.1) is 0 Å². The van der Waals surface area contributed by atoms with Gasteiger partial charge in [-0.15, -0.1) is 11.3 Å². The van der Waals surface area contributed by atoms with Crippen LogP contribution in [0.2, 0.25) is 0 Å². The highest BCUT2D eigenvalue weighted by atomic mass is 32.1. The number of methoxy groups -OCH3 is 3. The molecule has 1 N–H and O–H groups in total. The Balaban J connectivity index is 1.69. The Hall–Kier alpha value is -4.05. The van der Waals surface area contributed by atoms with Crippen LogP contribution >= 0.6 is 11.3 Å². The summed E-state index contributed by atoms with van der Waals surface area (Å²) in [7, 11) is 4.58. The van der Waals surface area contributed by atoms with Crippen molar-refractivity contribution in [3.63, 3.8) is 0 Å². The summed E-state index contributed by atoms with van der Waals surface area (Å²) in [5, 5.41) is 4.49. The molecule has 1 amide bonds. The fraction of sp³-hybridized carbons (Fsp3) is 0.208. The molecule has 0 atom stereocenters. The minimum absolute atomic E-state index is 0.0703. The number of carbonyl (C=O) groups excluding carboxylic acids is 1. The van der Waals surface area contributed by atoms with Crippen LogP contribution in [0.1, 0.15) is 5.56 Å². The maximum Gasteiger partial charge on any atom is 0.332 e. The number of hydrogen-bond donors (Lipinski definition) is 1. The zero-order chi connectivity index (χ0) is 24.2. The molecule has 0 radical (unpaired) electrons. The molecule has 4 rings (SSSR count). The summed E-state index contributed by atoms with van der Waals surface area (Å²) < 4.78 is 18.5. The van der Waals surface area contributed by atoms with Gasteiger partial charge in [-0.2, -0.15) is 0 Å². The Morgan fingerprint density at radius 2 is 1.62 bits per heavy atom. The van der Waals surface area contributed by atoms with E-state index in [4.69, 9.17) is 14.2 Å². The predicted molar refractivity (Wildman–Crippen MR) is 131 cm³/mol. The normalized spacial score (nSPS) is 10.8. The second-order valence-electron chi connectivity index (χ2n) is 7.36. The van der Waals surface area contributed by atoms with E-state index in [1.807, 2.05) is 0 Å². The van der Waals surface area contributed by atoms with Crippen molar-refractivity contribution >= 4 is 33.1 Å². The van der Waals surface area contributed by atoms with Gasteiger partial charge in [0.25, 0.3) is 5.56 Å². The van der Waals surface area contributed by atoms with Crippen LogP contribution < -0.4 is 30.8 Å². The summed E-state index contributed by atoms with van der Waals surface area (Å²) in [5.41, 5.74) is 0.621. The molecule has 0 bridgehead atoms.